The van der Waals surface area contributed by atoms with Crippen LogP contribution in [-0.4, -0.2) is 87.0 Å². The van der Waals surface area contributed by atoms with Gasteiger partial charge in [-0.15, -0.1) is 0 Å². The summed E-state index contributed by atoms with van der Waals surface area (Å²) in [4.78, 5) is 33.1. The van der Waals surface area contributed by atoms with E-state index < -0.39 is 12.3 Å². The second-order valence-corrected chi connectivity index (χ2v) is 15.3. The second-order valence-electron chi connectivity index (χ2n) is 15.3. The molecule has 0 bridgehead atoms. The van der Waals surface area contributed by atoms with E-state index in [-0.39, 0.29) is 17.5 Å². The zero-order chi connectivity index (χ0) is 36.8. The molecule has 2 aromatic heterocycles. The van der Waals surface area contributed by atoms with Crippen LogP contribution in [-0.2, 0) is 31.2 Å². The number of alkyl halides is 2. The number of carbonyl (C=O) groups excluding carboxylic acids is 2. The summed E-state index contributed by atoms with van der Waals surface area (Å²) in [7, 11) is 1.79. The number of aryl methyl sites for hydroxylation is 2. The number of piperidine rings is 2. The molecule has 0 radical (unpaired) electrons. The van der Waals surface area contributed by atoms with Gasteiger partial charge in [-0.2, -0.15) is 10.2 Å². The largest absolute Gasteiger partial charge is 0.372 e. The van der Waals surface area contributed by atoms with Crippen molar-refractivity contribution in [2.75, 3.05) is 55.6 Å². The van der Waals surface area contributed by atoms with Crippen LogP contribution in [0.4, 0.5) is 26.0 Å². The number of nitrogens with zero attached hydrogens (tertiary/aromatic N) is 8. The van der Waals surface area contributed by atoms with Crippen LogP contribution < -0.4 is 15.5 Å². The van der Waals surface area contributed by atoms with Crippen molar-refractivity contribution in [3.63, 3.8) is 0 Å². The monoisotopic (exact) mass is 725 g/mol. The fourth-order valence-electron chi connectivity index (χ4n) is 9.00. The molecule has 2 N–H and O–H groups in total. The number of rotatable bonds is 8. The molecule has 280 valence electrons. The summed E-state index contributed by atoms with van der Waals surface area (Å²) >= 11 is 0. The first kappa shape index (κ1) is 35.3. The Morgan fingerprint density at radius 1 is 0.962 bits per heavy atom. The van der Waals surface area contributed by atoms with Gasteiger partial charge in [0, 0.05) is 112 Å². The number of benzene rings is 2. The van der Waals surface area contributed by atoms with Crippen LogP contribution in [0.3, 0.4) is 0 Å². The zero-order valence-corrected chi connectivity index (χ0v) is 30.7. The van der Waals surface area contributed by atoms with E-state index in [0.717, 1.165) is 106 Å². The molecule has 0 saturated carbocycles. The van der Waals surface area contributed by atoms with E-state index in [1.807, 2.05) is 23.1 Å². The minimum absolute atomic E-state index is 0.000725. The van der Waals surface area contributed by atoms with Gasteiger partial charge in [0.2, 0.25) is 11.8 Å². The topological polar surface area (TPSA) is 109 Å². The van der Waals surface area contributed by atoms with Crippen LogP contribution in [0, 0.1) is 5.92 Å². The molecule has 0 unspecified atom stereocenters. The summed E-state index contributed by atoms with van der Waals surface area (Å²) in [5.41, 5.74) is 12.3. The first-order chi connectivity index (χ1) is 25.6. The van der Waals surface area contributed by atoms with Gasteiger partial charge >= 0.3 is 0 Å². The van der Waals surface area contributed by atoms with Crippen molar-refractivity contribution in [1.82, 2.24) is 29.4 Å². The highest BCUT2D eigenvalue weighted by atomic mass is 19.3. The maximum Gasteiger partial charge on any atom is 0.264 e. The Balaban J connectivity index is 0.989. The highest BCUT2D eigenvalue weighted by Gasteiger charge is 2.35. The fraction of sp³-hybridized carbons (Fsp3) is 0.500. The van der Waals surface area contributed by atoms with Gasteiger partial charge in [-0.05, 0) is 92.0 Å². The van der Waals surface area contributed by atoms with E-state index in [4.69, 9.17) is 10.8 Å². The first-order valence-electron chi connectivity index (χ1n) is 19.1. The van der Waals surface area contributed by atoms with E-state index in [9.17, 15) is 18.4 Å². The van der Waals surface area contributed by atoms with Crippen LogP contribution in [0.2, 0.25) is 0 Å². The maximum absolute atomic E-state index is 14.7. The molecular formula is C40H49F2N9O2. The normalized spacial score (nSPS) is 18.8. The third-order valence-electron chi connectivity index (χ3n) is 11.9. The van der Waals surface area contributed by atoms with Crippen molar-refractivity contribution >= 4 is 29.0 Å². The number of fused-ring (bicyclic) bond motifs is 2. The number of halogens is 2. The standard InChI is InChI=1S/C40H49F2N9O2/c1-26(52)49-19-13-36-35(25-49)40(50-14-3-4-29-20-33(30-22-44-46(2)24-30)34(38(41)42)21-37(29)50)45-51(36)32-11-15-47(16-12-32)23-27-9-17-48(18-10-27)31-7-5-28(6-8-31)39(43)53/h5-8,20-22,24,27,32,38H,3-4,9-19,23,25H2,1-2H3,(H2,43,53). The minimum atomic E-state index is -2.64. The maximum atomic E-state index is 14.7. The number of aromatic nitrogens is 4. The predicted octanol–water partition coefficient (Wildman–Crippen LogP) is 5.86. The Morgan fingerprint density at radius 2 is 1.72 bits per heavy atom. The van der Waals surface area contributed by atoms with Crippen molar-refractivity contribution in [3.8, 4) is 11.1 Å². The van der Waals surface area contributed by atoms with Gasteiger partial charge < -0.3 is 25.3 Å². The van der Waals surface area contributed by atoms with Crippen LogP contribution >= 0.6 is 0 Å². The highest BCUT2D eigenvalue weighted by molar-refractivity contribution is 5.93. The summed E-state index contributed by atoms with van der Waals surface area (Å²) < 4.78 is 33.2. The molecule has 2 saturated heterocycles. The molecule has 8 rings (SSSR count). The molecule has 2 amide bonds. The Labute approximate surface area is 309 Å². The van der Waals surface area contributed by atoms with Gasteiger partial charge in [-0.25, -0.2) is 8.78 Å². The van der Waals surface area contributed by atoms with Crippen LogP contribution in [0.5, 0.6) is 0 Å². The Kier molecular flexibility index (Phi) is 9.69. The van der Waals surface area contributed by atoms with Crippen LogP contribution in [0.15, 0.2) is 48.8 Å². The van der Waals surface area contributed by atoms with Crippen molar-refractivity contribution in [2.45, 2.75) is 70.9 Å². The van der Waals surface area contributed by atoms with E-state index in [0.29, 0.717) is 42.2 Å². The van der Waals surface area contributed by atoms with Crippen molar-refractivity contribution in [1.29, 1.82) is 0 Å². The molecule has 4 aromatic rings. The number of anilines is 3. The molecule has 4 aliphatic heterocycles. The molecule has 2 aromatic carbocycles. The number of amides is 2. The summed E-state index contributed by atoms with van der Waals surface area (Å²) in [5, 5.41) is 9.58. The lowest BCUT2D eigenvalue weighted by Crippen LogP contribution is -2.42. The molecule has 6 heterocycles. The minimum Gasteiger partial charge on any atom is -0.372 e. The van der Waals surface area contributed by atoms with Crippen molar-refractivity contribution < 1.29 is 18.4 Å². The summed E-state index contributed by atoms with van der Waals surface area (Å²) in [6, 6.07) is 11.4. The van der Waals surface area contributed by atoms with Gasteiger partial charge in [0.05, 0.1) is 18.8 Å². The lowest BCUT2D eigenvalue weighted by atomic mass is 9.92. The predicted molar refractivity (Wildman–Crippen MR) is 201 cm³/mol. The molecule has 11 nitrogen and oxygen atoms in total. The van der Waals surface area contributed by atoms with Crippen molar-refractivity contribution in [3.05, 3.63) is 76.7 Å². The SMILES string of the molecule is CC(=O)N1CCc2c(c(N3CCCc4cc(-c5cnn(C)c5)c(C(F)F)cc43)nn2C2CCN(CC3CCN(c4ccc(C(N)=O)cc4)CC3)CC2)C1. The average molecular weight is 726 g/mol. The van der Waals surface area contributed by atoms with Crippen LogP contribution in [0.1, 0.15) is 84.2 Å². The summed E-state index contributed by atoms with van der Waals surface area (Å²) in [6.45, 7) is 8.53. The third kappa shape index (κ3) is 7.03. The molecule has 0 spiro atoms. The molecule has 4 aliphatic rings. The van der Waals surface area contributed by atoms with Gasteiger partial charge in [-0.1, -0.05) is 0 Å². The van der Waals surface area contributed by atoms with Gasteiger partial charge in [0.25, 0.3) is 6.43 Å². The van der Waals surface area contributed by atoms with Crippen molar-refractivity contribution in [2.24, 2.45) is 18.7 Å². The summed E-state index contributed by atoms with van der Waals surface area (Å²) in [5.74, 6) is 1.08. The zero-order valence-electron chi connectivity index (χ0n) is 30.7. The molecule has 13 heteroatoms. The number of hydrogen-bond donors (Lipinski definition) is 1. The fourth-order valence-corrected chi connectivity index (χ4v) is 9.00. The van der Waals surface area contributed by atoms with Gasteiger partial charge in [-0.3, -0.25) is 19.0 Å². The lowest BCUT2D eigenvalue weighted by Gasteiger charge is -2.38. The highest BCUT2D eigenvalue weighted by Crippen LogP contribution is 2.44. The molecule has 0 aliphatic carbocycles. The molecule has 0 atom stereocenters. The first-order valence-corrected chi connectivity index (χ1v) is 19.1. The van der Waals surface area contributed by atoms with E-state index in [1.165, 1.54) is 5.69 Å². The Morgan fingerprint density at radius 3 is 2.38 bits per heavy atom. The number of carbonyl (C=O) groups is 2. The number of nitrogens with two attached hydrogens (primary N) is 1. The molecular weight excluding hydrogens is 676 g/mol. The van der Waals surface area contributed by atoms with Crippen LogP contribution in [0.25, 0.3) is 11.1 Å². The Bertz CT molecular complexity index is 1970. The van der Waals surface area contributed by atoms with E-state index in [2.05, 4.69) is 24.5 Å². The quantitative estimate of drug-likeness (QED) is 0.243. The summed E-state index contributed by atoms with van der Waals surface area (Å²) in [6.07, 6.45) is 7.46. The average Bonchev–Trinajstić information content (AvgIpc) is 3.78. The van der Waals surface area contributed by atoms with Gasteiger partial charge in [0.15, 0.2) is 5.82 Å². The second kappa shape index (κ2) is 14.6. The number of likely N-dealkylation sites (tertiary alicyclic amines) is 1. The smallest absolute Gasteiger partial charge is 0.264 e. The number of primary amides is 1. The lowest BCUT2D eigenvalue weighted by molar-refractivity contribution is -0.129. The third-order valence-corrected chi connectivity index (χ3v) is 11.9. The molecule has 53 heavy (non-hydrogen) atoms. The van der Waals surface area contributed by atoms with E-state index >= 15 is 0 Å². The van der Waals surface area contributed by atoms with E-state index in [1.54, 1.807) is 49.2 Å². The Hall–Kier alpha value is -4.78. The number of hydrogen-bond acceptors (Lipinski definition) is 7. The van der Waals surface area contributed by atoms with Gasteiger partial charge in [0.1, 0.15) is 0 Å². The molecule has 2 fully saturated rings.